The second kappa shape index (κ2) is 5.81. The Morgan fingerprint density at radius 1 is 1.50 bits per heavy atom. The van der Waals surface area contributed by atoms with Gasteiger partial charge in [0.1, 0.15) is 0 Å². The smallest absolute Gasteiger partial charge is 0.251 e. The van der Waals surface area contributed by atoms with E-state index in [0.717, 1.165) is 0 Å². The van der Waals surface area contributed by atoms with Crippen molar-refractivity contribution in [1.29, 1.82) is 0 Å². The Kier molecular flexibility index (Phi) is 4.70. The number of carbonyl (C=O) groups excluding carboxylic acids is 2. The summed E-state index contributed by atoms with van der Waals surface area (Å²) >= 11 is 0. The van der Waals surface area contributed by atoms with Crippen LogP contribution in [0.25, 0.3) is 0 Å². The first kappa shape index (κ1) is 12.9. The molecule has 2 amide bonds. The second-order valence-electron chi connectivity index (χ2n) is 4.33. The molecule has 0 saturated carbocycles. The molecule has 0 bridgehead atoms. The van der Waals surface area contributed by atoms with Crippen LogP contribution in [0.3, 0.4) is 0 Å². The van der Waals surface area contributed by atoms with Crippen LogP contribution in [0.1, 0.15) is 20.3 Å². The number of rotatable bonds is 3. The van der Waals surface area contributed by atoms with Gasteiger partial charge in [0.2, 0.25) is 5.91 Å². The van der Waals surface area contributed by atoms with E-state index in [1.807, 2.05) is 18.7 Å². The molecule has 4 N–H and O–H groups in total. The van der Waals surface area contributed by atoms with Crippen LogP contribution in [-0.2, 0) is 9.59 Å². The Bertz CT molecular complexity index is 268. The number of nitrogens with two attached hydrogens (primary N) is 1. The SMILES string of the molecule is CC(C)C(C(=O)NN)N1CCNC(=O)CC1. The Labute approximate surface area is 95.5 Å². The van der Waals surface area contributed by atoms with Crippen LogP contribution in [0.5, 0.6) is 0 Å². The largest absolute Gasteiger partial charge is 0.355 e. The van der Waals surface area contributed by atoms with Crippen molar-refractivity contribution in [2.45, 2.75) is 26.3 Å². The highest BCUT2D eigenvalue weighted by atomic mass is 16.2. The minimum atomic E-state index is -0.266. The summed E-state index contributed by atoms with van der Waals surface area (Å²) in [5.41, 5.74) is 2.19. The lowest BCUT2D eigenvalue weighted by Gasteiger charge is -2.31. The average molecular weight is 228 g/mol. The number of hydrogen-bond acceptors (Lipinski definition) is 4. The summed E-state index contributed by atoms with van der Waals surface area (Å²) in [7, 11) is 0. The third kappa shape index (κ3) is 3.18. The van der Waals surface area contributed by atoms with Crippen molar-refractivity contribution in [2.24, 2.45) is 11.8 Å². The van der Waals surface area contributed by atoms with Crippen LogP contribution in [0.4, 0.5) is 0 Å². The van der Waals surface area contributed by atoms with E-state index in [9.17, 15) is 9.59 Å². The molecule has 1 rings (SSSR count). The summed E-state index contributed by atoms with van der Waals surface area (Å²) in [6.45, 7) is 5.81. The maximum Gasteiger partial charge on any atom is 0.251 e. The molecule has 0 aromatic heterocycles. The molecule has 0 aromatic rings. The molecule has 0 aliphatic carbocycles. The fraction of sp³-hybridized carbons (Fsp3) is 0.800. The first-order valence-corrected chi connectivity index (χ1v) is 5.57. The molecular weight excluding hydrogens is 208 g/mol. The Hall–Kier alpha value is -1.14. The molecule has 1 fully saturated rings. The number of amides is 2. The summed E-state index contributed by atoms with van der Waals surface area (Å²) in [6, 6.07) is -0.266. The van der Waals surface area contributed by atoms with Crippen molar-refractivity contribution in [2.75, 3.05) is 19.6 Å². The van der Waals surface area contributed by atoms with E-state index in [0.29, 0.717) is 26.1 Å². The predicted octanol–water partition coefficient (Wildman–Crippen LogP) is -1.18. The van der Waals surface area contributed by atoms with Gasteiger partial charge in [-0.25, -0.2) is 5.84 Å². The predicted molar refractivity (Wildman–Crippen MR) is 60.2 cm³/mol. The number of carbonyl (C=O) groups is 2. The highest BCUT2D eigenvalue weighted by Gasteiger charge is 2.29. The third-order valence-electron chi connectivity index (χ3n) is 2.78. The normalized spacial score (nSPS) is 20.1. The molecule has 0 spiro atoms. The fourth-order valence-electron chi connectivity index (χ4n) is 2.04. The van der Waals surface area contributed by atoms with E-state index < -0.39 is 0 Å². The molecule has 1 atom stereocenters. The minimum absolute atomic E-state index is 0.0400. The molecule has 1 unspecified atom stereocenters. The van der Waals surface area contributed by atoms with Crippen molar-refractivity contribution in [3.63, 3.8) is 0 Å². The van der Waals surface area contributed by atoms with Crippen LogP contribution >= 0.6 is 0 Å². The summed E-state index contributed by atoms with van der Waals surface area (Å²) in [5.74, 6) is 5.19. The fourth-order valence-corrected chi connectivity index (χ4v) is 2.04. The molecule has 1 saturated heterocycles. The average Bonchev–Trinajstić information content (AvgIpc) is 2.43. The highest BCUT2D eigenvalue weighted by molar-refractivity contribution is 5.81. The van der Waals surface area contributed by atoms with Gasteiger partial charge in [-0.3, -0.25) is 19.9 Å². The zero-order valence-corrected chi connectivity index (χ0v) is 9.82. The zero-order valence-electron chi connectivity index (χ0n) is 9.82. The molecule has 16 heavy (non-hydrogen) atoms. The van der Waals surface area contributed by atoms with Gasteiger partial charge in [-0.05, 0) is 5.92 Å². The number of nitrogens with one attached hydrogen (secondary N) is 2. The summed E-state index contributed by atoms with van der Waals surface area (Å²) in [5, 5.41) is 2.78. The lowest BCUT2D eigenvalue weighted by Crippen LogP contribution is -2.52. The van der Waals surface area contributed by atoms with Crippen molar-refractivity contribution < 1.29 is 9.59 Å². The lowest BCUT2D eigenvalue weighted by atomic mass is 10.0. The van der Waals surface area contributed by atoms with Crippen molar-refractivity contribution in [1.82, 2.24) is 15.6 Å². The molecule has 1 heterocycles. The topological polar surface area (TPSA) is 87.5 Å². The first-order chi connectivity index (χ1) is 7.56. The van der Waals surface area contributed by atoms with Gasteiger partial charge < -0.3 is 5.32 Å². The van der Waals surface area contributed by atoms with Crippen LogP contribution in [0.2, 0.25) is 0 Å². The minimum Gasteiger partial charge on any atom is -0.355 e. The van der Waals surface area contributed by atoms with Crippen molar-refractivity contribution >= 4 is 11.8 Å². The molecule has 0 aromatic carbocycles. The second-order valence-corrected chi connectivity index (χ2v) is 4.33. The molecule has 1 aliphatic rings. The van der Waals surface area contributed by atoms with Crippen LogP contribution < -0.4 is 16.6 Å². The monoisotopic (exact) mass is 228 g/mol. The van der Waals surface area contributed by atoms with Gasteiger partial charge in [0.05, 0.1) is 6.04 Å². The van der Waals surface area contributed by atoms with E-state index in [4.69, 9.17) is 5.84 Å². The summed E-state index contributed by atoms with van der Waals surface area (Å²) < 4.78 is 0. The van der Waals surface area contributed by atoms with Gasteiger partial charge in [0, 0.05) is 26.1 Å². The number of hydrogen-bond donors (Lipinski definition) is 3. The van der Waals surface area contributed by atoms with E-state index in [-0.39, 0.29) is 23.8 Å². The van der Waals surface area contributed by atoms with Gasteiger partial charge in [-0.15, -0.1) is 0 Å². The number of hydrazine groups is 1. The van der Waals surface area contributed by atoms with Crippen LogP contribution in [-0.4, -0.2) is 42.4 Å². The zero-order chi connectivity index (χ0) is 12.1. The lowest BCUT2D eigenvalue weighted by molar-refractivity contribution is -0.128. The van der Waals surface area contributed by atoms with Gasteiger partial charge in [0.15, 0.2) is 0 Å². The van der Waals surface area contributed by atoms with Crippen LogP contribution in [0.15, 0.2) is 0 Å². The standard InChI is InChI=1S/C10H20N4O2/c1-7(2)9(10(16)13-11)14-5-3-8(15)12-4-6-14/h7,9H,3-6,11H2,1-2H3,(H,12,15)(H,13,16). The number of nitrogens with zero attached hydrogens (tertiary/aromatic N) is 1. The van der Waals surface area contributed by atoms with Crippen molar-refractivity contribution in [3.8, 4) is 0 Å². The van der Waals surface area contributed by atoms with Crippen molar-refractivity contribution in [3.05, 3.63) is 0 Å². The van der Waals surface area contributed by atoms with Crippen LogP contribution in [0, 0.1) is 5.92 Å². The third-order valence-corrected chi connectivity index (χ3v) is 2.78. The maximum absolute atomic E-state index is 11.7. The molecule has 92 valence electrons. The van der Waals surface area contributed by atoms with E-state index >= 15 is 0 Å². The van der Waals surface area contributed by atoms with E-state index in [1.165, 1.54) is 0 Å². The molecule has 6 nitrogen and oxygen atoms in total. The first-order valence-electron chi connectivity index (χ1n) is 5.57. The Balaban J connectivity index is 2.70. The van der Waals surface area contributed by atoms with Gasteiger partial charge in [0.25, 0.3) is 5.91 Å². The highest BCUT2D eigenvalue weighted by Crippen LogP contribution is 2.12. The molecule has 1 aliphatic heterocycles. The molecular formula is C10H20N4O2. The maximum atomic E-state index is 11.7. The summed E-state index contributed by atoms with van der Waals surface area (Å²) in [4.78, 5) is 24.9. The Morgan fingerprint density at radius 3 is 2.75 bits per heavy atom. The Morgan fingerprint density at radius 2 is 2.19 bits per heavy atom. The van der Waals surface area contributed by atoms with Gasteiger partial charge in [-0.2, -0.15) is 0 Å². The molecule has 6 heteroatoms. The van der Waals surface area contributed by atoms with Gasteiger partial charge >= 0.3 is 0 Å². The van der Waals surface area contributed by atoms with Gasteiger partial charge in [-0.1, -0.05) is 13.8 Å². The quantitative estimate of drug-likeness (QED) is 0.322. The summed E-state index contributed by atoms with van der Waals surface area (Å²) in [6.07, 6.45) is 0.432. The van der Waals surface area contributed by atoms with E-state index in [1.54, 1.807) is 0 Å². The molecule has 0 radical (unpaired) electrons. The van der Waals surface area contributed by atoms with E-state index in [2.05, 4.69) is 10.7 Å².